The van der Waals surface area contributed by atoms with E-state index >= 15 is 0 Å². The summed E-state index contributed by atoms with van der Waals surface area (Å²) in [5.41, 5.74) is 1.63. The molecule has 2 amide bonds. The third kappa shape index (κ3) is 3.01. The largest absolute Gasteiger partial charge is 0.352 e. The molecule has 0 saturated carbocycles. The Balaban J connectivity index is 1.65. The second kappa shape index (κ2) is 7.65. The Morgan fingerprint density at radius 1 is 1.09 bits per heavy atom. The zero-order chi connectivity index (χ0) is 23.4. The third-order valence-corrected chi connectivity index (χ3v) is 7.09. The summed E-state index contributed by atoms with van der Waals surface area (Å²) in [6, 6.07) is 11.5. The first-order valence-electron chi connectivity index (χ1n) is 11.1. The molecule has 0 bridgehead atoms. The number of hydrogen-bond donors (Lipinski definition) is 0. The molecule has 33 heavy (non-hydrogen) atoms. The Morgan fingerprint density at radius 2 is 1.82 bits per heavy atom. The molecular formula is C25H23N3O5. The minimum absolute atomic E-state index is 0.155. The number of non-ortho nitro benzene ring substituents is 1. The monoisotopic (exact) mass is 445 g/mol. The van der Waals surface area contributed by atoms with Gasteiger partial charge < -0.3 is 4.90 Å². The summed E-state index contributed by atoms with van der Waals surface area (Å²) in [7, 11) is 0. The molecule has 0 unspecified atom stereocenters. The lowest BCUT2D eigenvalue weighted by Crippen LogP contribution is -2.50. The Labute approximate surface area is 190 Å². The Hall–Kier alpha value is -3.81. The van der Waals surface area contributed by atoms with Gasteiger partial charge in [-0.15, -0.1) is 0 Å². The number of anilines is 1. The smallest absolute Gasteiger partial charge is 0.270 e. The van der Waals surface area contributed by atoms with Crippen molar-refractivity contribution in [2.75, 3.05) is 4.90 Å². The first-order chi connectivity index (χ1) is 15.8. The van der Waals surface area contributed by atoms with Gasteiger partial charge in [0.2, 0.25) is 11.8 Å². The highest BCUT2D eigenvalue weighted by Gasteiger charge is 2.64. The van der Waals surface area contributed by atoms with Gasteiger partial charge in [-0.2, -0.15) is 0 Å². The highest BCUT2D eigenvalue weighted by molar-refractivity contribution is 6.14. The molecule has 8 nitrogen and oxygen atoms in total. The van der Waals surface area contributed by atoms with Gasteiger partial charge in [0.05, 0.1) is 22.8 Å². The molecule has 0 radical (unpaired) electrons. The van der Waals surface area contributed by atoms with Crippen molar-refractivity contribution in [2.45, 2.75) is 38.4 Å². The number of nitro benzene ring substituents is 1. The van der Waals surface area contributed by atoms with Crippen molar-refractivity contribution in [1.82, 2.24) is 4.90 Å². The standard InChI is InChI=1S/C25H23N3O5/c1-3-14(2)26-24(30)20-19-12-11-15-7-4-5-10-18(15)27(19)22(21(20)25(26)31)23(29)16-8-6-9-17(13-16)28(32)33/h4-14,19-22H,3H2,1-2H3/t14-,19-,20+,21-,22-/m1/s1. The van der Waals surface area contributed by atoms with E-state index in [1.807, 2.05) is 55.2 Å². The molecule has 0 aromatic heterocycles. The van der Waals surface area contributed by atoms with Gasteiger partial charge in [-0.3, -0.25) is 29.4 Å². The van der Waals surface area contributed by atoms with Crippen LogP contribution in [0.3, 0.4) is 0 Å². The van der Waals surface area contributed by atoms with Crippen LogP contribution in [-0.2, 0) is 9.59 Å². The quantitative estimate of drug-likeness (QED) is 0.302. The molecule has 8 heteroatoms. The first kappa shape index (κ1) is 21.1. The molecule has 2 aromatic rings. The number of Topliss-reactive ketones (excluding diaryl/α,β-unsaturated/α-hetero) is 1. The second-order valence-corrected chi connectivity index (χ2v) is 8.79. The van der Waals surface area contributed by atoms with Crippen LogP contribution >= 0.6 is 0 Å². The molecule has 5 rings (SSSR count). The minimum Gasteiger partial charge on any atom is -0.352 e. The van der Waals surface area contributed by atoms with E-state index < -0.39 is 34.6 Å². The molecular weight excluding hydrogens is 422 g/mol. The van der Waals surface area contributed by atoms with Crippen molar-refractivity contribution in [2.24, 2.45) is 11.8 Å². The molecule has 2 fully saturated rings. The molecule has 0 N–H and O–H groups in total. The van der Waals surface area contributed by atoms with E-state index in [9.17, 15) is 24.5 Å². The minimum atomic E-state index is -0.932. The number of carbonyl (C=O) groups excluding carboxylic acids is 3. The zero-order valence-electron chi connectivity index (χ0n) is 18.3. The van der Waals surface area contributed by atoms with Gasteiger partial charge in [0.15, 0.2) is 5.78 Å². The predicted octanol–water partition coefficient (Wildman–Crippen LogP) is 3.46. The van der Waals surface area contributed by atoms with Crippen LogP contribution in [0.15, 0.2) is 54.6 Å². The average molecular weight is 445 g/mol. The SMILES string of the molecule is CC[C@@H](C)N1C(=O)[C@@H]2[C@@H](C1=O)[C@H](C(=O)c1cccc([N+](=O)[O-])c1)N1c3ccccc3C=C[C@H]21. The van der Waals surface area contributed by atoms with Gasteiger partial charge >= 0.3 is 0 Å². The molecule has 2 aromatic carbocycles. The summed E-state index contributed by atoms with van der Waals surface area (Å²) in [4.78, 5) is 54.8. The van der Waals surface area contributed by atoms with Crippen molar-refractivity contribution >= 4 is 35.0 Å². The fourth-order valence-electron chi connectivity index (χ4n) is 5.40. The van der Waals surface area contributed by atoms with Crippen molar-refractivity contribution in [3.8, 4) is 0 Å². The van der Waals surface area contributed by atoms with E-state index in [1.54, 1.807) is 0 Å². The first-order valence-corrected chi connectivity index (χ1v) is 11.1. The number of rotatable bonds is 5. The van der Waals surface area contributed by atoms with Gasteiger partial charge in [0, 0.05) is 29.4 Å². The van der Waals surface area contributed by atoms with E-state index in [4.69, 9.17) is 0 Å². The van der Waals surface area contributed by atoms with E-state index in [2.05, 4.69) is 0 Å². The Kier molecular flexibility index (Phi) is 4.88. The molecule has 168 valence electrons. The number of para-hydroxylation sites is 1. The molecule has 3 aliphatic rings. The molecule has 3 aliphatic heterocycles. The highest BCUT2D eigenvalue weighted by atomic mass is 16.6. The fraction of sp³-hybridized carbons (Fsp3) is 0.320. The molecule has 5 atom stereocenters. The van der Waals surface area contributed by atoms with Crippen LogP contribution in [0.2, 0.25) is 0 Å². The summed E-state index contributed by atoms with van der Waals surface area (Å²) in [6.45, 7) is 3.74. The van der Waals surface area contributed by atoms with Crippen molar-refractivity contribution in [1.29, 1.82) is 0 Å². The van der Waals surface area contributed by atoms with E-state index in [0.717, 1.165) is 11.3 Å². The lowest BCUT2D eigenvalue weighted by molar-refractivity contribution is -0.384. The highest BCUT2D eigenvalue weighted by Crippen LogP contribution is 2.49. The number of hydrogen-bond acceptors (Lipinski definition) is 6. The molecule has 0 aliphatic carbocycles. The van der Waals surface area contributed by atoms with Crippen LogP contribution in [0.5, 0.6) is 0 Å². The average Bonchev–Trinajstić information content (AvgIpc) is 3.31. The van der Waals surface area contributed by atoms with Crippen molar-refractivity contribution in [3.05, 3.63) is 75.8 Å². The maximum atomic E-state index is 13.9. The van der Waals surface area contributed by atoms with Crippen LogP contribution in [0.4, 0.5) is 11.4 Å². The number of nitrogens with zero attached hydrogens (tertiary/aromatic N) is 3. The predicted molar refractivity (Wildman–Crippen MR) is 122 cm³/mol. The maximum Gasteiger partial charge on any atom is 0.270 e. The number of likely N-dealkylation sites (tertiary alicyclic amines) is 1. The fourth-order valence-corrected chi connectivity index (χ4v) is 5.40. The lowest BCUT2D eigenvalue weighted by Gasteiger charge is -2.37. The summed E-state index contributed by atoms with van der Waals surface area (Å²) >= 11 is 0. The van der Waals surface area contributed by atoms with Crippen LogP contribution in [-0.4, -0.2) is 45.5 Å². The van der Waals surface area contributed by atoms with Gasteiger partial charge in [-0.1, -0.05) is 49.4 Å². The Morgan fingerprint density at radius 3 is 2.55 bits per heavy atom. The second-order valence-electron chi connectivity index (χ2n) is 8.79. The zero-order valence-corrected chi connectivity index (χ0v) is 18.3. The van der Waals surface area contributed by atoms with Crippen LogP contribution in [0.25, 0.3) is 6.08 Å². The van der Waals surface area contributed by atoms with Gasteiger partial charge in [0.1, 0.15) is 6.04 Å². The number of imide groups is 1. The summed E-state index contributed by atoms with van der Waals surface area (Å²) < 4.78 is 0. The van der Waals surface area contributed by atoms with Gasteiger partial charge in [-0.05, 0) is 25.0 Å². The number of fused-ring (bicyclic) bond motifs is 5. The summed E-state index contributed by atoms with van der Waals surface area (Å²) in [5, 5.41) is 11.3. The van der Waals surface area contributed by atoms with E-state index in [-0.39, 0.29) is 29.1 Å². The van der Waals surface area contributed by atoms with Crippen LogP contribution in [0.1, 0.15) is 36.2 Å². The topological polar surface area (TPSA) is 101 Å². The normalized spacial score (nSPS) is 26.1. The Bertz CT molecular complexity index is 1220. The van der Waals surface area contributed by atoms with Crippen molar-refractivity contribution < 1.29 is 19.3 Å². The number of amides is 2. The number of nitro groups is 1. The van der Waals surface area contributed by atoms with E-state index in [0.29, 0.717) is 6.42 Å². The number of carbonyl (C=O) groups is 3. The van der Waals surface area contributed by atoms with Crippen LogP contribution in [0, 0.1) is 22.0 Å². The summed E-state index contributed by atoms with van der Waals surface area (Å²) in [5.74, 6) is -2.52. The third-order valence-electron chi connectivity index (χ3n) is 7.09. The molecule has 0 spiro atoms. The number of benzene rings is 2. The van der Waals surface area contributed by atoms with Gasteiger partial charge in [0.25, 0.3) is 5.69 Å². The lowest BCUT2D eigenvalue weighted by atomic mass is 9.86. The van der Waals surface area contributed by atoms with Crippen molar-refractivity contribution in [3.63, 3.8) is 0 Å². The van der Waals surface area contributed by atoms with Gasteiger partial charge in [-0.25, -0.2) is 0 Å². The van der Waals surface area contributed by atoms with Crippen LogP contribution < -0.4 is 4.90 Å². The maximum absolute atomic E-state index is 13.9. The summed E-state index contributed by atoms with van der Waals surface area (Å²) in [6.07, 6.45) is 4.44. The molecule has 2 saturated heterocycles. The number of ketones is 1. The molecule has 3 heterocycles. The van der Waals surface area contributed by atoms with E-state index in [1.165, 1.54) is 29.2 Å².